The Kier molecular flexibility index (Phi) is 8.24. The molecule has 0 aliphatic heterocycles. The number of nitrogens with zero attached hydrogens (tertiary/aromatic N) is 3. The van der Waals surface area contributed by atoms with Crippen molar-refractivity contribution in [3.8, 4) is 0 Å². The fourth-order valence-corrected chi connectivity index (χ4v) is 3.25. The van der Waals surface area contributed by atoms with Gasteiger partial charge in [-0.1, -0.05) is 15.9 Å². The lowest BCUT2D eigenvalue weighted by Gasteiger charge is -2.29. The molecule has 0 aliphatic carbocycles. The van der Waals surface area contributed by atoms with E-state index in [0.717, 1.165) is 6.07 Å². The number of hydrogen-bond acceptors (Lipinski definition) is 8. The summed E-state index contributed by atoms with van der Waals surface area (Å²) < 4.78 is 31.0. The first-order valence-corrected chi connectivity index (χ1v) is 12.2. The van der Waals surface area contributed by atoms with E-state index < -0.39 is 52.4 Å². The second-order valence-electron chi connectivity index (χ2n) is 10.9. The van der Waals surface area contributed by atoms with Crippen LogP contribution in [0.2, 0.25) is 0 Å². The summed E-state index contributed by atoms with van der Waals surface area (Å²) in [5, 5.41) is -0.0431. The number of fused-ring (bicyclic) bond motifs is 1. The number of hydrogen-bond donors (Lipinski definition) is 0. The number of ether oxygens (including phenoxy) is 3. The molecule has 0 aliphatic rings. The summed E-state index contributed by atoms with van der Waals surface area (Å²) in [5.74, 6) is -1.45. The van der Waals surface area contributed by atoms with E-state index in [4.69, 9.17) is 14.2 Å². The maximum Gasteiger partial charge on any atom is 0.427 e. The van der Waals surface area contributed by atoms with Crippen molar-refractivity contribution < 1.29 is 33.0 Å². The highest BCUT2D eigenvalue weighted by molar-refractivity contribution is 9.08. The van der Waals surface area contributed by atoms with Gasteiger partial charge < -0.3 is 14.2 Å². The summed E-state index contributed by atoms with van der Waals surface area (Å²) in [6.07, 6.45) is -3.74. The lowest BCUT2D eigenvalue weighted by Crippen LogP contribution is -2.48. The highest BCUT2D eigenvalue weighted by Crippen LogP contribution is 2.25. The van der Waals surface area contributed by atoms with Gasteiger partial charge >= 0.3 is 18.3 Å². The zero-order chi connectivity index (χ0) is 27.8. The molecule has 1 aromatic heterocycles. The van der Waals surface area contributed by atoms with Crippen molar-refractivity contribution in [1.82, 2.24) is 9.55 Å². The smallest absolute Gasteiger partial charge is 0.427 e. The van der Waals surface area contributed by atoms with Crippen LogP contribution >= 0.6 is 15.9 Å². The highest BCUT2D eigenvalue weighted by atomic mass is 79.9. The number of alkyl halides is 1. The molecule has 12 heteroatoms. The van der Waals surface area contributed by atoms with Crippen LogP contribution in [0.3, 0.4) is 0 Å². The number of benzene rings is 1. The summed E-state index contributed by atoms with van der Waals surface area (Å²) in [5.41, 5.74) is -4.22. The van der Waals surface area contributed by atoms with Crippen molar-refractivity contribution in [1.29, 1.82) is 0 Å². The minimum absolute atomic E-state index is 0.0876. The van der Waals surface area contributed by atoms with E-state index in [2.05, 4.69) is 20.9 Å². The van der Waals surface area contributed by atoms with Gasteiger partial charge in [-0.15, -0.1) is 4.90 Å². The minimum Gasteiger partial charge on any atom is -0.443 e. The van der Waals surface area contributed by atoms with Crippen molar-refractivity contribution in [2.75, 3.05) is 4.90 Å². The van der Waals surface area contributed by atoms with Gasteiger partial charge in [0.2, 0.25) is 5.95 Å². The molecular weight excluding hydrogens is 541 g/mol. The van der Waals surface area contributed by atoms with Crippen LogP contribution in [0, 0.1) is 5.82 Å². The van der Waals surface area contributed by atoms with E-state index in [1.165, 1.54) is 6.07 Å². The number of amides is 2. The first kappa shape index (κ1) is 29.2. The average molecular weight is 572 g/mol. The summed E-state index contributed by atoms with van der Waals surface area (Å²) in [7, 11) is 0. The predicted molar refractivity (Wildman–Crippen MR) is 135 cm³/mol. The molecular formula is C24H31BrFN3O7. The molecule has 2 rings (SSSR count). The molecule has 1 heterocycles. The molecule has 0 atom stereocenters. The molecule has 0 fully saturated rings. The van der Waals surface area contributed by atoms with Crippen molar-refractivity contribution in [2.24, 2.45) is 0 Å². The predicted octanol–water partition coefficient (Wildman–Crippen LogP) is 5.89. The number of rotatable bonds is 2. The van der Waals surface area contributed by atoms with Crippen molar-refractivity contribution in [2.45, 2.75) is 84.4 Å². The molecule has 2 aromatic rings. The Labute approximate surface area is 216 Å². The first-order chi connectivity index (χ1) is 16.2. The molecule has 0 radical (unpaired) electrons. The fraction of sp³-hybridized carbons (Fsp3) is 0.542. The quantitative estimate of drug-likeness (QED) is 0.323. The molecule has 36 heavy (non-hydrogen) atoms. The van der Waals surface area contributed by atoms with E-state index in [1.807, 2.05) is 0 Å². The maximum absolute atomic E-state index is 14.6. The Bertz CT molecular complexity index is 1230. The molecule has 198 valence electrons. The Balaban J connectivity index is 2.96. The fourth-order valence-electron chi connectivity index (χ4n) is 2.82. The molecule has 2 amide bonds. The normalized spacial score (nSPS) is 12.3. The lowest BCUT2D eigenvalue weighted by atomic mass is 10.1. The Morgan fingerprint density at radius 1 is 0.917 bits per heavy atom. The second kappa shape index (κ2) is 10.2. The van der Waals surface area contributed by atoms with Crippen LogP contribution in [-0.4, -0.2) is 44.6 Å². The summed E-state index contributed by atoms with van der Waals surface area (Å²) in [4.78, 5) is 57.5. The van der Waals surface area contributed by atoms with Crippen molar-refractivity contribution in [3.63, 3.8) is 0 Å². The number of aromatic nitrogens is 2. The monoisotopic (exact) mass is 571 g/mol. The Hall–Kier alpha value is -3.02. The number of carbonyl (C=O) groups is 3. The third-order valence-electron chi connectivity index (χ3n) is 4.09. The number of anilines is 1. The third-order valence-corrected chi connectivity index (χ3v) is 4.69. The van der Waals surface area contributed by atoms with Gasteiger partial charge in [-0.25, -0.2) is 23.8 Å². The van der Waals surface area contributed by atoms with Crippen molar-refractivity contribution >= 4 is 51.1 Å². The summed E-state index contributed by atoms with van der Waals surface area (Å²) in [6, 6.07) is 2.20. The molecule has 0 spiro atoms. The van der Waals surface area contributed by atoms with Gasteiger partial charge in [-0.2, -0.15) is 4.57 Å². The van der Waals surface area contributed by atoms with Gasteiger partial charge in [0.15, 0.2) is 0 Å². The van der Waals surface area contributed by atoms with Gasteiger partial charge in [0.1, 0.15) is 22.6 Å². The highest BCUT2D eigenvalue weighted by Gasteiger charge is 2.38. The molecule has 1 aromatic carbocycles. The maximum atomic E-state index is 14.6. The van der Waals surface area contributed by atoms with E-state index >= 15 is 0 Å². The zero-order valence-electron chi connectivity index (χ0n) is 21.8. The van der Waals surface area contributed by atoms with Gasteiger partial charge in [-0.3, -0.25) is 4.79 Å². The molecule has 0 saturated carbocycles. The van der Waals surface area contributed by atoms with Crippen LogP contribution in [0.15, 0.2) is 16.9 Å². The van der Waals surface area contributed by atoms with Gasteiger partial charge in [0.05, 0.1) is 10.9 Å². The topological polar surface area (TPSA) is 117 Å². The van der Waals surface area contributed by atoms with Crippen LogP contribution in [0.25, 0.3) is 10.9 Å². The van der Waals surface area contributed by atoms with E-state index in [0.29, 0.717) is 9.47 Å². The van der Waals surface area contributed by atoms with Crippen LogP contribution < -0.4 is 10.5 Å². The van der Waals surface area contributed by atoms with Gasteiger partial charge in [-0.05, 0) is 73.9 Å². The summed E-state index contributed by atoms with van der Waals surface area (Å²) in [6.45, 7) is 14.1. The van der Waals surface area contributed by atoms with E-state index in [-0.39, 0.29) is 21.8 Å². The minimum atomic E-state index is -1.27. The number of imide groups is 1. The van der Waals surface area contributed by atoms with Crippen LogP contribution in [0.1, 0.15) is 67.9 Å². The van der Waals surface area contributed by atoms with Gasteiger partial charge in [0.25, 0.3) is 5.56 Å². The molecule has 0 N–H and O–H groups in total. The Morgan fingerprint density at radius 3 is 1.81 bits per heavy atom. The van der Waals surface area contributed by atoms with Crippen LogP contribution in [0.5, 0.6) is 0 Å². The molecule has 0 bridgehead atoms. The largest absolute Gasteiger partial charge is 0.443 e. The Morgan fingerprint density at radius 2 is 1.39 bits per heavy atom. The molecule has 0 saturated heterocycles. The average Bonchev–Trinajstić information content (AvgIpc) is 2.63. The van der Waals surface area contributed by atoms with Crippen LogP contribution in [-0.2, 0) is 19.5 Å². The second-order valence-corrected chi connectivity index (χ2v) is 11.5. The standard InChI is InChI=1S/C24H31BrFN3O7/c1-22(2,3)34-19(31)28-17(30)14-10-13(12-25)15(26)11-16(14)27-18(28)29(20(32)35-23(4,5)6)21(33)36-24(7,8)9/h10-11H,12H2,1-9H3. The third kappa shape index (κ3) is 7.25. The first-order valence-electron chi connectivity index (χ1n) is 11.0. The molecule has 0 unspecified atom stereocenters. The van der Waals surface area contributed by atoms with E-state index in [9.17, 15) is 23.6 Å². The number of halogens is 2. The van der Waals surface area contributed by atoms with E-state index in [1.54, 1.807) is 62.3 Å². The SMILES string of the molecule is CC(C)(C)OC(=O)N(C(=O)OC(C)(C)C)c1nc2cc(F)c(CBr)cc2c(=O)n1C(=O)OC(C)(C)C. The molecule has 10 nitrogen and oxygen atoms in total. The number of carbonyl (C=O) groups excluding carboxylic acids is 3. The summed E-state index contributed by atoms with van der Waals surface area (Å²) >= 11 is 3.15. The van der Waals surface area contributed by atoms with Gasteiger partial charge in [0, 0.05) is 11.4 Å². The zero-order valence-corrected chi connectivity index (χ0v) is 23.4. The van der Waals surface area contributed by atoms with Crippen LogP contribution in [0.4, 0.5) is 24.7 Å². The van der Waals surface area contributed by atoms with Crippen molar-refractivity contribution in [3.05, 3.63) is 33.9 Å². The lowest BCUT2D eigenvalue weighted by molar-refractivity contribution is 0.0422.